The smallest absolute Gasteiger partial charge is 0.262 e. The lowest BCUT2D eigenvalue weighted by Gasteiger charge is -2.13. The van der Waals surface area contributed by atoms with E-state index in [0.29, 0.717) is 17.8 Å². The summed E-state index contributed by atoms with van der Waals surface area (Å²) in [7, 11) is 0. The fourth-order valence-electron chi connectivity index (χ4n) is 2.55. The van der Waals surface area contributed by atoms with Crippen LogP contribution in [-0.4, -0.2) is 18.4 Å². The lowest BCUT2D eigenvalue weighted by molar-refractivity contribution is -0.118. The highest BCUT2D eigenvalue weighted by atomic mass is 79.9. The molecule has 0 saturated carbocycles. The monoisotopic (exact) mass is 418 g/mol. The second kappa shape index (κ2) is 9.38. The number of carbonyl (C=O) groups is 2. The number of halogens is 1. The van der Waals surface area contributed by atoms with Gasteiger partial charge in [0.2, 0.25) is 5.91 Å². The molecule has 0 aliphatic rings. The lowest BCUT2D eigenvalue weighted by atomic mass is 10.1. The molecule has 0 unspecified atom stereocenters. The first-order valence-electron chi connectivity index (χ1n) is 8.48. The van der Waals surface area contributed by atoms with Gasteiger partial charge < -0.3 is 15.4 Å². The number of rotatable bonds is 7. The highest BCUT2D eigenvalue weighted by molar-refractivity contribution is 9.10. The fraction of sp³-hybridized carbons (Fsp3) is 0.300. The van der Waals surface area contributed by atoms with Gasteiger partial charge in [0.1, 0.15) is 5.75 Å². The molecular formula is C20H23BrN2O3. The Morgan fingerprint density at radius 2 is 1.46 bits per heavy atom. The maximum absolute atomic E-state index is 12.1. The molecule has 5 nitrogen and oxygen atoms in total. The summed E-state index contributed by atoms with van der Waals surface area (Å²) in [5.41, 5.74) is 3.30. The molecule has 138 valence electrons. The Hall–Kier alpha value is -2.34. The first-order chi connectivity index (χ1) is 12.4. The van der Waals surface area contributed by atoms with Gasteiger partial charge in [-0.25, -0.2) is 0 Å². The number of ether oxygens (including phenoxy) is 1. The molecule has 2 aromatic carbocycles. The van der Waals surface area contributed by atoms with E-state index in [1.54, 1.807) is 24.3 Å². The van der Waals surface area contributed by atoms with Crippen molar-refractivity contribution in [3.63, 3.8) is 0 Å². The number of nitrogens with one attached hydrogen (secondary N) is 2. The van der Waals surface area contributed by atoms with Crippen LogP contribution >= 0.6 is 15.9 Å². The van der Waals surface area contributed by atoms with Gasteiger partial charge in [-0.2, -0.15) is 0 Å². The Morgan fingerprint density at radius 3 is 1.96 bits per heavy atom. The van der Waals surface area contributed by atoms with Crippen LogP contribution in [-0.2, 0) is 9.59 Å². The summed E-state index contributed by atoms with van der Waals surface area (Å²) >= 11 is 3.44. The van der Waals surface area contributed by atoms with E-state index in [9.17, 15) is 9.59 Å². The van der Waals surface area contributed by atoms with Gasteiger partial charge in [0.25, 0.3) is 5.91 Å². The molecule has 0 radical (unpaired) electrons. The molecule has 0 saturated heterocycles. The van der Waals surface area contributed by atoms with E-state index in [0.717, 1.165) is 27.8 Å². The maximum atomic E-state index is 12.1. The van der Waals surface area contributed by atoms with Crippen molar-refractivity contribution < 1.29 is 14.3 Å². The molecule has 0 bridgehead atoms. The molecule has 0 fully saturated rings. The normalized spacial score (nSPS) is 10.3. The molecule has 2 amide bonds. The summed E-state index contributed by atoms with van der Waals surface area (Å²) in [5, 5.41) is 5.59. The topological polar surface area (TPSA) is 67.4 Å². The predicted molar refractivity (Wildman–Crippen MR) is 108 cm³/mol. The number of hydrogen-bond donors (Lipinski definition) is 2. The molecule has 2 N–H and O–H groups in total. The van der Waals surface area contributed by atoms with Gasteiger partial charge in [0.15, 0.2) is 6.61 Å². The van der Waals surface area contributed by atoms with Crippen molar-refractivity contribution in [3.8, 4) is 5.75 Å². The van der Waals surface area contributed by atoms with Crippen molar-refractivity contribution in [1.82, 2.24) is 0 Å². The second-order valence-corrected chi connectivity index (χ2v) is 7.00. The van der Waals surface area contributed by atoms with Crippen molar-refractivity contribution in [2.24, 2.45) is 0 Å². The molecule has 0 aromatic heterocycles. The fourth-order valence-corrected chi connectivity index (χ4v) is 3.23. The van der Waals surface area contributed by atoms with Crippen molar-refractivity contribution in [2.75, 3.05) is 17.2 Å². The van der Waals surface area contributed by atoms with Crippen molar-refractivity contribution >= 4 is 39.1 Å². The summed E-state index contributed by atoms with van der Waals surface area (Å²) in [4.78, 5) is 23.7. The maximum Gasteiger partial charge on any atom is 0.262 e. The standard InChI is InChI=1S/C20H23BrN2O3/c1-4-5-18(24)22-16-6-8-17(9-7-16)23-19(25)12-26-20-13(2)10-15(21)11-14(20)3/h6-11H,4-5,12H2,1-3H3,(H,22,24)(H,23,25). The zero-order valence-corrected chi connectivity index (χ0v) is 16.8. The van der Waals surface area contributed by atoms with Crippen molar-refractivity contribution in [2.45, 2.75) is 33.6 Å². The molecule has 0 aliphatic heterocycles. The Bertz CT molecular complexity index is 765. The second-order valence-electron chi connectivity index (χ2n) is 6.08. The first kappa shape index (κ1) is 20.0. The van der Waals surface area contributed by atoms with E-state index in [1.165, 1.54) is 0 Å². The van der Waals surface area contributed by atoms with Gasteiger partial charge in [-0.1, -0.05) is 22.9 Å². The van der Waals surface area contributed by atoms with E-state index < -0.39 is 0 Å². The van der Waals surface area contributed by atoms with E-state index in [4.69, 9.17) is 4.74 Å². The quantitative estimate of drug-likeness (QED) is 0.676. The highest BCUT2D eigenvalue weighted by Gasteiger charge is 2.09. The summed E-state index contributed by atoms with van der Waals surface area (Å²) in [5.74, 6) is 0.463. The minimum Gasteiger partial charge on any atom is -0.483 e. The zero-order chi connectivity index (χ0) is 19.1. The Balaban J connectivity index is 1.89. The zero-order valence-electron chi connectivity index (χ0n) is 15.2. The van der Waals surface area contributed by atoms with Gasteiger partial charge in [-0.3, -0.25) is 9.59 Å². The molecule has 6 heteroatoms. The van der Waals surface area contributed by atoms with Crippen molar-refractivity contribution in [1.29, 1.82) is 0 Å². The molecular weight excluding hydrogens is 396 g/mol. The largest absolute Gasteiger partial charge is 0.483 e. The number of carbonyl (C=O) groups excluding carboxylic acids is 2. The first-order valence-corrected chi connectivity index (χ1v) is 9.27. The van der Waals surface area contributed by atoms with E-state index >= 15 is 0 Å². The van der Waals surface area contributed by atoms with Crippen LogP contribution in [0.2, 0.25) is 0 Å². The third kappa shape index (κ3) is 5.88. The number of hydrogen-bond acceptors (Lipinski definition) is 3. The minimum absolute atomic E-state index is 0.0158. The van der Waals surface area contributed by atoms with Crippen LogP contribution < -0.4 is 15.4 Å². The number of amides is 2. The van der Waals surface area contributed by atoms with Crippen LogP contribution in [0.3, 0.4) is 0 Å². The van der Waals surface area contributed by atoms with E-state index in [1.807, 2.05) is 32.9 Å². The van der Waals surface area contributed by atoms with Crippen molar-refractivity contribution in [3.05, 3.63) is 52.0 Å². The summed E-state index contributed by atoms with van der Waals surface area (Å²) in [6.45, 7) is 5.77. The molecule has 2 aromatic rings. The Labute approximate surface area is 162 Å². The Kier molecular flexibility index (Phi) is 7.21. The van der Waals surface area contributed by atoms with E-state index in [2.05, 4.69) is 26.6 Å². The molecule has 2 rings (SSSR count). The SMILES string of the molecule is CCCC(=O)Nc1ccc(NC(=O)COc2c(C)cc(Br)cc2C)cc1. The third-order valence-electron chi connectivity index (χ3n) is 3.70. The van der Waals surface area contributed by atoms with Crippen LogP contribution in [0.4, 0.5) is 11.4 Å². The van der Waals surface area contributed by atoms with Crippen LogP contribution in [0.5, 0.6) is 5.75 Å². The number of anilines is 2. The summed E-state index contributed by atoms with van der Waals surface area (Å²) < 4.78 is 6.65. The van der Waals surface area contributed by atoms with Gasteiger partial charge >= 0.3 is 0 Å². The van der Waals surface area contributed by atoms with Crippen LogP contribution in [0.15, 0.2) is 40.9 Å². The average Bonchev–Trinajstić information content (AvgIpc) is 2.56. The molecule has 0 heterocycles. The minimum atomic E-state index is -0.241. The van der Waals surface area contributed by atoms with Crippen LogP contribution in [0, 0.1) is 13.8 Å². The van der Waals surface area contributed by atoms with Gasteiger partial charge in [-0.05, 0) is 67.8 Å². The lowest BCUT2D eigenvalue weighted by Crippen LogP contribution is -2.20. The summed E-state index contributed by atoms with van der Waals surface area (Å²) in [6.07, 6.45) is 1.29. The molecule has 26 heavy (non-hydrogen) atoms. The highest BCUT2D eigenvalue weighted by Crippen LogP contribution is 2.27. The number of aryl methyl sites for hydroxylation is 2. The van der Waals surface area contributed by atoms with Crippen LogP contribution in [0.1, 0.15) is 30.9 Å². The average molecular weight is 419 g/mol. The van der Waals surface area contributed by atoms with Gasteiger partial charge in [0.05, 0.1) is 0 Å². The third-order valence-corrected chi connectivity index (χ3v) is 4.16. The van der Waals surface area contributed by atoms with E-state index in [-0.39, 0.29) is 18.4 Å². The molecule has 0 atom stereocenters. The molecule has 0 aliphatic carbocycles. The summed E-state index contributed by atoms with van der Waals surface area (Å²) in [6, 6.07) is 10.9. The van der Waals surface area contributed by atoms with Gasteiger partial charge in [-0.15, -0.1) is 0 Å². The predicted octanol–water partition coefficient (Wildman–Crippen LogP) is 4.82. The number of benzene rings is 2. The van der Waals surface area contributed by atoms with Crippen LogP contribution in [0.25, 0.3) is 0 Å². The Morgan fingerprint density at radius 1 is 0.962 bits per heavy atom. The van der Waals surface area contributed by atoms with Gasteiger partial charge in [0, 0.05) is 22.3 Å². The molecule has 0 spiro atoms.